The van der Waals surface area contributed by atoms with E-state index in [-0.39, 0.29) is 0 Å². The summed E-state index contributed by atoms with van der Waals surface area (Å²) in [4.78, 5) is 0. The number of nitrogens with one attached hydrogen (secondary N) is 1. The van der Waals surface area contributed by atoms with Crippen molar-refractivity contribution in [3.05, 3.63) is 45.7 Å². The summed E-state index contributed by atoms with van der Waals surface area (Å²) in [5, 5.41) is 11.2. The Bertz CT molecular complexity index is 535. The van der Waals surface area contributed by atoms with Gasteiger partial charge in [0.05, 0.1) is 5.69 Å². The van der Waals surface area contributed by atoms with Gasteiger partial charge in [-0.2, -0.15) is 0 Å². The van der Waals surface area contributed by atoms with E-state index in [1.54, 1.807) is 6.07 Å². The van der Waals surface area contributed by atoms with Gasteiger partial charge >= 0.3 is 0 Å². The third kappa shape index (κ3) is 3.08. The van der Waals surface area contributed by atoms with Crippen LogP contribution >= 0.6 is 23.2 Å². The van der Waals surface area contributed by atoms with Gasteiger partial charge in [0, 0.05) is 11.8 Å². The summed E-state index contributed by atoms with van der Waals surface area (Å²) in [6, 6.07) is 7.80. The fraction of sp³-hybridized carbons (Fsp3) is 0.167. The fourth-order valence-corrected chi connectivity index (χ4v) is 1.93. The molecule has 1 aromatic carbocycles. The SMILES string of the molecule is Cc1cc(C)cc(Nc2cc(Cl)nnc2Cl)c1. The van der Waals surface area contributed by atoms with Crippen LogP contribution in [-0.4, -0.2) is 10.2 Å². The van der Waals surface area contributed by atoms with Gasteiger partial charge in [0.25, 0.3) is 0 Å². The van der Waals surface area contributed by atoms with Crippen LogP contribution in [0, 0.1) is 13.8 Å². The number of aromatic nitrogens is 2. The molecule has 0 fully saturated rings. The molecule has 0 unspecified atom stereocenters. The molecule has 88 valence electrons. The van der Waals surface area contributed by atoms with Crippen molar-refractivity contribution in [1.82, 2.24) is 10.2 Å². The molecule has 0 amide bonds. The molecule has 0 saturated carbocycles. The third-order valence-electron chi connectivity index (χ3n) is 2.22. The Kier molecular flexibility index (Phi) is 3.50. The third-order valence-corrected chi connectivity index (χ3v) is 2.68. The van der Waals surface area contributed by atoms with Gasteiger partial charge in [0.2, 0.25) is 0 Å². The average molecular weight is 268 g/mol. The van der Waals surface area contributed by atoms with Crippen molar-refractivity contribution < 1.29 is 0 Å². The molecule has 5 heteroatoms. The first kappa shape index (κ1) is 12.1. The molecular formula is C12H11Cl2N3. The summed E-state index contributed by atoms with van der Waals surface area (Å²) in [6.07, 6.45) is 0. The van der Waals surface area contributed by atoms with E-state index >= 15 is 0 Å². The zero-order valence-corrected chi connectivity index (χ0v) is 11.0. The van der Waals surface area contributed by atoms with Crippen LogP contribution in [0.25, 0.3) is 0 Å². The molecule has 1 N–H and O–H groups in total. The predicted octanol–water partition coefficient (Wildman–Crippen LogP) is 4.14. The predicted molar refractivity (Wildman–Crippen MR) is 71.3 cm³/mol. The van der Waals surface area contributed by atoms with Gasteiger partial charge in [0.15, 0.2) is 10.3 Å². The number of benzene rings is 1. The van der Waals surface area contributed by atoms with Crippen LogP contribution in [0.2, 0.25) is 10.3 Å². The second kappa shape index (κ2) is 4.90. The maximum Gasteiger partial charge on any atom is 0.175 e. The lowest BCUT2D eigenvalue weighted by molar-refractivity contribution is 1.03. The van der Waals surface area contributed by atoms with Crippen LogP contribution in [0.1, 0.15) is 11.1 Å². The molecule has 0 atom stereocenters. The molecule has 1 heterocycles. The van der Waals surface area contributed by atoms with Gasteiger partial charge < -0.3 is 5.32 Å². The second-order valence-corrected chi connectivity index (χ2v) is 4.62. The van der Waals surface area contributed by atoms with E-state index < -0.39 is 0 Å². The Morgan fingerprint density at radius 3 is 2.24 bits per heavy atom. The number of nitrogens with zero attached hydrogens (tertiary/aromatic N) is 2. The summed E-state index contributed by atoms with van der Waals surface area (Å²) in [5.41, 5.74) is 3.96. The molecule has 0 radical (unpaired) electrons. The quantitative estimate of drug-likeness (QED) is 0.889. The number of halogens is 2. The first-order valence-corrected chi connectivity index (χ1v) is 5.84. The molecule has 2 rings (SSSR count). The Morgan fingerprint density at radius 1 is 0.941 bits per heavy atom. The van der Waals surface area contributed by atoms with Crippen molar-refractivity contribution in [3.63, 3.8) is 0 Å². The number of rotatable bonds is 2. The maximum absolute atomic E-state index is 5.93. The Labute approximate surface area is 110 Å². The molecule has 0 aliphatic rings. The first-order chi connectivity index (χ1) is 8.04. The lowest BCUT2D eigenvalue weighted by Crippen LogP contribution is -1.95. The van der Waals surface area contributed by atoms with E-state index in [0.29, 0.717) is 16.0 Å². The topological polar surface area (TPSA) is 37.8 Å². The Hall–Kier alpha value is -1.32. The van der Waals surface area contributed by atoms with E-state index in [2.05, 4.69) is 21.6 Å². The summed E-state index contributed by atoms with van der Waals surface area (Å²) >= 11 is 11.7. The summed E-state index contributed by atoms with van der Waals surface area (Å²) in [6.45, 7) is 4.08. The highest BCUT2D eigenvalue weighted by Crippen LogP contribution is 2.25. The molecule has 0 aliphatic heterocycles. The van der Waals surface area contributed by atoms with Crippen molar-refractivity contribution in [2.75, 3.05) is 5.32 Å². The van der Waals surface area contributed by atoms with Gasteiger partial charge in [-0.1, -0.05) is 29.3 Å². The second-order valence-electron chi connectivity index (χ2n) is 3.87. The number of anilines is 2. The van der Waals surface area contributed by atoms with E-state index in [0.717, 1.165) is 5.69 Å². The Balaban J connectivity index is 2.34. The van der Waals surface area contributed by atoms with Crippen molar-refractivity contribution in [2.24, 2.45) is 0 Å². The molecule has 1 aromatic heterocycles. The molecule has 0 bridgehead atoms. The Morgan fingerprint density at radius 2 is 1.59 bits per heavy atom. The molecule has 0 spiro atoms. The van der Waals surface area contributed by atoms with Gasteiger partial charge in [-0.05, 0) is 37.1 Å². The van der Waals surface area contributed by atoms with Crippen LogP contribution in [0.15, 0.2) is 24.3 Å². The largest absolute Gasteiger partial charge is 0.353 e. The highest BCUT2D eigenvalue weighted by atomic mass is 35.5. The number of hydrogen-bond acceptors (Lipinski definition) is 3. The minimum atomic E-state index is 0.300. The smallest absolute Gasteiger partial charge is 0.175 e. The van der Waals surface area contributed by atoms with Crippen LogP contribution in [0.3, 0.4) is 0 Å². The first-order valence-electron chi connectivity index (χ1n) is 5.08. The normalized spacial score (nSPS) is 10.4. The van der Waals surface area contributed by atoms with Gasteiger partial charge in [0.1, 0.15) is 0 Å². The minimum absolute atomic E-state index is 0.300. The molecule has 2 aromatic rings. The number of aryl methyl sites for hydroxylation is 2. The standard InChI is InChI=1S/C12H11Cl2N3/c1-7-3-8(2)5-9(4-7)15-10-6-11(13)16-17-12(10)14/h3-6H,1-2H3,(H,15,16). The van der Waals surface area contributed by atoms with E-state index in [1.807, 2.05) is 26.0 Å². The van der Waals surface area contributed by atoms with Crippen molar-refractivity contribution in [3.8, 4) is 0 Å². The monoisotopic (exact) mass is 267 g/mol. The zero-order valence-electron chi connectivity index (χ0n) is 9.46. The fourth-order valence-electron chi connectivity index (χ4n) is 1.64. The summed E-state index contributed by atoms with van der Waals surface area (Å²) in [5.74, 6) is 0. The highest BCUT2D eigenvalue weighted by Gasteiger charge is 2.05. The van der Waals surface area contributed by atoms with E-state index in [1.165, 1.54) is 11.1 Å². The van der Waals surface area contributed by atoms with Crippen molar-refractivity contribution in [1.29, 1.82) is 0 Å². The lowest BCUT2D eigenvalue weighted by atomic mass is 10.1. The summed E-state index contributed by atoms with van der Waals surface area (Å²) < 4.78 is 0. The lowest BCUT2D eigenvalue weighted by Gasteiger charge is -2.09. The van der Waals surface area contributed by atoms with E-state index in [4.69, 9.17) is 23.2 Å². The van der Waals surface area contributed by atoms with Crippen molar-refractivity contribution in [2.45, 2.75) is 13.8 Å². The molecular weight excluding hydrogens is 257 g/mol. The molecule has 3 nitrogen and oxygen atoms in total. The summed E-state index contributed by atoms with van der Waals surface area (Å²) in [7, 11) is 0. The van der Waals surface area contributed by atoms with Crippen LogP contribution in [-0.2, 0) is 0 Å². The van der Waals surface area contributed by atoms with Gasteiger partial charge in [-0.3, -0.25) is 0 Å². The highest BCUT2D eigenvalue weighted by molar-refractivity contribution is 6.33. The zero-order chi connectivity index (χ0) is 12.4. The van der Waals surface area contributed by atoms with Crippen LogP contribution < -0.4 is 5.32 Å². The van der Waals surface area contributed by atoms with Crippen molar-refractivity contribution >= 4 is 34.6 Å². The molecule has 17 heavy (non-hydrogen) atoms. The molecule has 0 saturated heterocycles. The average Bonchev–Trinajstić information content (AvgIpc) is 2.22. The maximum atomic E-state index is 5.93. The van der Waals surface area contributed by atoms with Gasteiger partial charge in [-0.15, -0.1) is 10.2 Å². The van der Waals surface area contributed by atoms with E-state index in [9.17, 15) is 0 Å². The van der Waals surface area contributed by atoms with Gasteiger partial charge in [-0.25, -0.2) is 0 Å². The molecule has 0 aliphatic carbocycles. The number of hydrogen-bond donors (Lipinski definition) is 1. The minimum Gasteiger partial charge on any atom is -0.353 e. The van der Waals surface area contributed by atoms with Crippen LogP contribution in [0.4, 0.5) is 11.4 Å². The van der Waals surface area contributed by atoms with Crippen LogP contribution in [0.5, 0.6) is 0 Å².